The fourth-order valence-electron chi connectivity index (χ4n) is 2.69. The van der Waals surface area contributed by atoms with E-state index in [4.69, 9.17) is 4.74 Å². The number of methoxy groups -OCH3 is 1. The molecule has 0 saturated carbocycles. The van der Waals surface area contributed by atoms with Gasteiger partial charge in [-0.15, -0.1) is 10.2 Å². The summed E-state index contributed by atoms with van der Waals surface area (Å²) in [5.41, 5.74) is 2.25. The lowest BCUT2D eigenvalue weighted by atomic mass is 10.2. The Morgan fingerprint density at radius 1 is 1.21 bits per heavy atom. The topological polar surface area (TPSA) is 102 Å². The van der Waals surface area contributed by atoms with Gasteiger partial charge in [-0.25, -0.2) is 9.18 Å². The molecule has 8 nitrogen and oxygen atoms in total. The smallest absolute Gasteiger partial charge is 0.337 e. The van der Waals surface area contributed by atoms with Gasteiger partial charge in [-0.2, -0.15) is 0 Å². The first-order chi connectivity index (χ1) is 13.6. The first-order valence-electron chi connectivity index (χ1n) is 8.60. The fourth-order valence-corrected chi connectivity index (χ4v) is 2.69. The summed E-state index contributed by atoms with van der Waals surface area (Å²) < 4.78 is 19.6. The van der Waals surface area contributed by atoms with E-state index in [1.807, 2.05) is 4.57 Å². The van der Waals surface area contributed by atoms with Gasteiger partial charge in [-0.3, -0.25) is 4.98 Å². The highest BCUT2D eigenvalue weighted by Crippen LogP contribution is 2.09. The van der Waals surface area contributed by atoms with Gasteiger partial charge in [0.2, 0.25) is 0 Å². The summed E-state index contributed by atoms with van der Waals surface area (Å²) in [6, 6.07) is 9.36. The van der Waals surface area contributed by atoms with E-state index in [1.54, 1.807) is 24.5 Å². The molecule has 0 aliphatic carbocycles. The second-order valence-electron chi connectivity index (χ2n) is 6.09. The van der Waals surface area contributed by atoms with Crippen LogP contribution < -0.4 is 5.32 Å². The molecule has 2 aromatic heterocycles. The van der Waals surface area contributed by atoms with Gasteiger partial charge in [0.05, 0.1) is 43.8 Å². The zero-order chi connectivity index (χ0) is 19.9. The van der Waals surface area contributed by atoms with Gasteiger partial charge in [-0.1, -0.05) is 12.1 Å². The SMILES string of the molecule is COC(=O)c1cc(CO)nc(CNCc2nncn2Cc2ccc(F)cc2)c1. The number of hydrogen-bond acceptors (Lipinski definition) is 7. The second kappa shape index (κ2) is 9.16. The van der Waals surface area contributed by atoms with E-state index >= 15 is 0 Å². The minimum atomic E-state index is -0.489. The Kier molecular flexibility index (Phi) is 6.41. The van der Waals surface area contributed by atoms with Crippen LogP contribution in [0, 0.1) is 5.82 Å². The number of nitrogens with one attached hydrogen (secondary N) is 1. The molecule has 0 spiro atoms. The minimum absolute atomic E-state index is 0.274. The number of nitrogens with zero attached hydrogens (tertiary/aromatic N) is 4. The van der Waals surface area contributed by atoms with Gasteiger partial charge in [0, 0.05) is 6.54 Å². The Hall–Kier alpha value is -3.17. The molecule has 0 amide bonds. The maximum absolute atomic E-state index is 13.0. The Morgan fingerprint density at radius 3 is 2.68 bits per heavy atom. The van der Waals surface area contributed by atoms with Crippen LogP contribution in [-0.2, 0) is 31.0 Å². The van der Waals surface area contributed by atoms with E-state index in [-0.39, 0.29) is 12.4 Å². The molecule has 0 aliphatic heterocycles. The van der Waals surface area contributed by atoms with Gasteiger partial charge < -0.3 is 19.7 Å². The van der Waals surface area contributed by atoms with Crippen molar-refractivity contribution in [3.05, 3.63) is 76.9 Å². The lowest BCUT2D eigenvalue weighted by Gasteiger charge is -2.09. The second-order valence-corrected chi connectivity index (χ2v) is 6.09. The first kappa shape index (κ1) is 19.6. The van der Waals surface area contributed by atoms with Crippen LogP contribution in [0.1, 0.15) is 33.1 Å². The Labute approximate surface area is 161 Å². The van der Waals surface area contributed by atoms with Crippen LogP contribution in [0.4, 0.5) is 4.39 Å². The normalized spacial score (nSPS) is 10.8. The molecule has 0 atom stereocenters. The van der Waals surface area contributed by atoms with Crippen LogP contribution in [0.15, 0.2) is 42.7 Å². The third kappa shape index (κ3) is 4.96. The molecule has 0 aliphatic rings. The number of aliphatic hydroxyl groups excluding tert-OH is 1. The van der Waals surface area contributed by atoms with Crippen LogP contribution in [0.5, 0.6) is 0 Å². The quantitative estimate of drug-likeness (QED) is 0.566. The molecule has 0 saturated heterocycles. The van der Waals surface area contributed by atoms with Gasteiger partial charge in [0.15, 0.2) is 0 Å². The predicted octanol–water partition coefficient (Wildman–Crippen LogP) is 1.43. The molecule has 9 heteroatoms. The van der Waals surface area contributed by atoms with E-state index in [1.165, 1.54) is 25.3 Å². The Bertz CT molecular complexity index is 943. The molecule has 1 aromatic carbocycles. The highest BCUT2D eigenvalue weighted by molar-refractivity contribution is 5.89. The van der Waals surface area contributed by atoms with E-state index in [0.717, 1.165) is 5.56 Å². The van der Waals surface area contributed by atoms with Crippen molar-refractivity contribution < 1.29 is 19.0 Å². The minimum Gasteiger partial charge on any atom is -0.465 e. The molecule has 2 N–H and O–H groups in total. The highest BCUT2D eigenvalue weighted by atomic mass is 19.1. The van der Waals surface area contributed by atoms with E-state index in [9.17, 15) is 14.3 Å². The molecular formula is C19H20FN5O3. The van der Waals surface area contributed by atoms with Crippen LogP contribution >= 0.6 is 0 Å². The number of halogens is 1. The van der Waals surface area contributed by atoms with Crippen molar-refractivity contribution in [2.24, 2.45) is 0 Å². The summed E-state index contributed by atoms with van der Waals surface area (Å²) in [5, 5.41) is 20.5. The highest BCUT2D eigenvalue weighted by Gasteiger charge is 2.11. The van der Waals surface area contributed by atoms with Crippen molar-refractivity contribution >= 4 is 5.97 Å². The van der Waals surface area contributed by atoms with Crippen molar-refractivity contribution in [1.29, 1.82) is 0 Å². The molecule has 0 radical (unpaired) electrons. The van der Waals surface area contributed by atoms with E-state index < -0.39 is 5.97 Å². The number of benzene rings is 1. The average molecular weight is 385 g/mol. The average Bonchev–Trinajstić information content (AvgIpc) is 3.15. The summed E-state index contributed by atoms with van der Waals surface area (Å²) in [6.45, 7) is 1.03. The summed E-state index contributed by atoms with van der Waals surface area (Å²) in [7, 11) is 1.30. The molecule has 146 valence electrons. The van der Waals surface area contributed by atoms with Crippen molar-refractivity contribution in [1.82, 2.24) is 25.1 Å². The predicted molar refractivity (Wildman–Crippen MR) is 97.6 cm³/mol. The largest absolute Gasteiger partial charge is 0.465 e. The van der Waals surface area contributed by atoms with E-state index in [2.05, 4.69) is 20.5 Å². The zero-order valence-corrected chi connectivity index (χ0v) is 15.3. The fraction of sp³-hybridized carbons (Fsp3) is 0.263. The number of carbonyl (C=O) groups excluding carboxylic acids is 1. The lowest BCUT2D eigenvalue weighted by Crippen LogP contribution is -2.18. The van der Waals surface area contributed by atoms with Crippen molar-refractivity contribution in [3.8, 4) is 0 Å². The number of esters is 1. The van der Waals surface area contributed by atoms with Crippen LogP contribution in [0.2, 0.25) is 0 Å². The van der Waals surface area contributed by atoms with Gasteiger partial charge in [0.25, 0.3) is 0 Å². The van der Waals surface area contributed by atoms with E-state index in [0.29, 0.717) is 42.4 Å². The van der Waals surface area contributed by atoms with Gasteiger partial charge in [-0.05, 0) is 29.8 Å². The van der Waals surface area contributed by atoms with Crippen LogP contribution in [-0.4, -0.2) is 37.9 Å². The van der Waals surface area contributed by atoms with Crippen molar-refractivity contribution in [2.75, 3.05) is 7.11 Å². The van der Waals surface area contributed by atoms with Crippen LogP contribution in [0.25, 0.3) is 0 Å². The molecule has 0 unspecified atom stereocenters. The monoisotopic (exact) mass is 385 g/mol. The number of hydrogen-bond donors (Lipinski definition) is 2. The molecule has 28 heavy (non-hydrogen) atoms. The van der Waals surface area contributed by atoms with Gasteiger partial charge in [0.1, 0.15) is 18.0 Å². The summed E-state index contributed by atoms with van der Waals surface area (Å²) in [4.78, 5) is 16.0. The maximum Gasteiger partial charge on any atom is 0.337 e. The van der Waals surface area contributed by atoms with Crippen molar-refractivity contribution in [3.63, 3.8) is 0 Å². The number of rotatable bonds is 8. The number of carbonyl (C=O) groups is 1. The third-order valence-electron chi connectivity index (χ3n) is 4.07. The summed E-state index contributed by atoms with van der Waals surface area (Å²) in [5.74, 6) is -0.0634. The summed E-state index contributed by atoms with van der Waals surface area (Å²) in [6.07, 6.45) is 1.61. The molecule has 3 rings (SSSR count). The molecular weight excluding hydrogens is 365 g/mol. The molecule has 2 heterocycles. The zero-order valence-electron chi connectivity index (χ0n) is 15.3. The Balaban J connectivity index is 1.63. The Morgan fingerprint density at radius 2 is 1.96 bits per heavy atom. The molecule has 3 aromatic rings. The third-order valence-corrected chi connectivity index (χ3v) is 4.07. The number of aromatic nitrogens is 4. The number of pyridine rings is 1. The maximum atomic E-state index is 13.0. The van der Waals surface area contributed by atoms with Crippen LogP contribution in [0.3, 0.4) is 0 Å². The first-order valence-corrected chi connectivity index (χ1v) is 8.60. The molecule has 0 bridgehead atoms. The number of aliphatic hydroxyl groups is 1. The lowest BCUT2D eigenvalue weighted by molar-refractivity contribution is 0.0600. The van der Waals surface area contributed by atoms with Crippen molar-refractivity contribution in [2.45, 2.75) is 26.2 Å². The standard InChI is InChI=1S/C19H20FN5O3/c1-28-19(27)14-6-16(23-17(7-14)11-26)8-21-9-18-24-22-12-25(18)10-13-2-4-15(20)5-3-13/h2-7,12,21,26H,8-11H2,1H3. The summed E-state index contributed by atoms with van der Waals surface area (Å²) >= 11 is 0. The number of ether oxygens (including phenoxy) is 1. The molecule has 0 fully saturated rings. The van der Waals surface area contributed by atoms with Gasteiger partial charge >= 0.3 is 5.97 Å².